The van der Waals surface area contributed by atoms with Crippen LogP contribution in [0.1, 0.15) is 41.0 Å². The number of nitrogens with one attached hydrogen (secondary N) is 1. The maximum absolute atomic E-state index is 12.8. The van der Waals surface area contributed by atoms with Gasteiger partial charge in [0.1, 0.15) is 12.1 Å². The van der Waals surface area contributed by atoms with Gasteiger partial charge in [0.15, 0.2) is 0 Å². The summed E-state index contributed by atoms with van der Waals surface area (Å²) >= 11 is 0. The second kappa shape index (κ2) is 8.98. The summed E-state index contributed by atoms with van der Waals surface area (Å²) in [7, 11) is 2.70. The minimum absolute atomic E-state index is 0.0532. The number of rotatable bonds is 8. The summed E-state index contributed by atoms with van der Waals surface area (Å²) in [6.45, 7) is 8.92. The summed E-state index contributed by atoms with van der Waals surface area (Å²) in [4.78, 5) is 36.5. The van der Waals surface area contributed by atoms with Gasteiger partial charge in [-0.2, -0.15) is 0 Å². The van der Waals surface area contributed by atoms with E-state index in [4.69, 9.17) is 10.5 Å². The molecule has 0 saturated carbocycles. The normalized spacial score (nSPS) is 15.5. The van der Waals surface area contributed by atoms with Crippen LogP contribution in [-0.4, -0.2) is 54.3 Å². The first kappa shape index (κ1) is 22.3. The number of hydrogen-bond acceptors (Lipinski definition) is 5. The molecule has 3 amide bonds. The number of methoxy groups -OCH3 is 1. The molecule has 8 nitrogen and oxygen atoms in total. The van der Waals surface area contributed by atoms with Gasteiger partial charge in [0.25, 0.3) is 5.91 Å². The lowest BCUT2D eigenvalue weighted by Crippen LogP contribution is -2.57. The van der Waals surface area contributed by atoms with Crippen molar-refractivity contribution in [2.24, 2.45) is 23.0 Å². The quantitative estimate of drug-likeness (QED) is 0.437. The van der Waals surface area contributed by atoms with Gasteiger partial charge in [-0.05, 0) is 17.8 Å². The van der Waals surface area contributed by atoms with E-state index in [1.165, 1.54) is 14.2 Å². The Bertz CT molecular complexity index is 459. The molecule has 4 N–H and O–H groups in total. The minimum Gasteiger partial charge on any atom is -0.371 e. The van der Waals surface area contributed by atoms with Crippen molar-refractivity contribution < 1.29 is 24.3 Å². The summed E-state index contributed by atoms with van der Waals surface area (Å²) in [6, 6.07) is -1.12. The highest BCUT2D eigenvalue weighted by molar-refractivity contribution is 5.91. The van der Waals surface area contributed by atoms with Crippen LogP contribution in [0.4, 0.5) is 0 Å². The highest BCUT2D eigenvalue weighted by atomic mass is 16.5. The average Bonchev–Trinajstić information content (AvgIpc) is 2.43. The van der Waals surface area contributed by atoms with E-state index in [9.17, 15) is 19.6 Å². The Balaban J connectivity index is 5.74. The molecular formula is C16H31N3O5. The molecule has 0 unspecified atom stereocenters. The summed E-state index contributed by atoms with van der Waals surface area (Å²) in [6.07, 6.45) is -0.901. The Morgan fingerprint density at radius 3 is 2.04 bits per heavy atom. The van der Waals surface area contributed by atoms with E-state index >= 15 is 0 Å². The molecule has 0 rings (SSSR count). The highest BCUT2D eigenvalue weighted by Gasteiger charge is 2.43. The zero-order valence-corrected chi connectivity index (χ0v) is 15.6. The van der Waals surface area contributed by atoms with E-state index in [0.717, 1.165) is 0 Å². The summed E-state index contributed by atoms with van der Waals surface area (Å²) in [5.74, 6) is -2.99. The summed E-state index contributed by atoms with van der Waals surface area (Å²) in [5.41, 5.74) is 4.59. The third-order valence-electron chi connectivity index (χ3n) is 3.73. The predicted molar refractivity (Wildman–Crippen MR) is 88.9 cm³/mol. The van der Waals surface area contributed by atoms with Gasteiger partial charge in [0.2, 0.25) is 11.8 Å². The SMILES string of the molecule is CNC(=O)[C@@H](N(O)C(=O)[C@H](CC(C)C)[C@H](OC)C(N)=O)C(C)(C)C. The largest absolute Gasteiger partial charge is 0.371 e. The van der Waals surface area contributed by atoms with Gasteiger partial charge in [-0.3, -0.25) is 19.6 Å². The van der Waals surface area contributed by atoms with E-state index in [-0.39, 0.29) is 12.3 Å². The average molecular weight is 345 g/mol. The van der Waals surface area contributed by atoms with Crippen LogP contribution in [0.3, 0.4) is 0 Å². The molecule has 0 radical (unpaired) electrons. The standard InChI is InChI=1S/C16H31N3O5/c1-9(2)8-10(11(24-7)13(17)20)15(22)19(23)12(14(21)18-6)16(3,4)5/h9-12,23H,8H2,1-7H3,(H2,17,20)(H,18,21)/t10-,11+,12-/m1/s1. The number of primary amides is 1. The number of hydroxylamine groups is 2. The number of nitrogens with zero attached hydrogens (tertiary/aromatic N) is 1. The van der Waals surface area contributed by atoms with E-state index in [1.807, 2.05) is 13.8 Å². The van der Waals surface area contributed by atoms with E-state index in [0.29, 0.717) is 5.06 Å². The van der Waals surface area contributed by atoms with E-state index < -0.39 is 41.2 Å². The summed E-state index contributed by atoms with van der Waals surface area (Å²) in [5, 5.41) is 13.3. The first-order valence-corrected chi connectivity index (χ1v) is 7.94. The zero-order valence-electron chi connectivity index (χ0n) is 15.6. The van der Waals surface area contributed by atoms with Crippen molar-refractivity contribution in [1.29, 1.82) is 0 Å². The minimum atomic E-state index is -1.18. The number of amides is 3. The van der Waals surface area contributed by atoms with Crippen LogP contribution in [0.25, 0.3) is 0 Å². The Morgan fingerprint density at radius 2 is 1.75 bits per heavy atom. The van der Waals surface area contributed by atoms with Crippen LogP contribution < -0.4 is 11.1 Å². The molecule has 0 bridgehead atoms. The fourth-order valence-corrected chi connectivity index (χ4v) is 2.65. The van der Waals surface area contributed by atoms with Crippen LogP contribution in [-0.2, 0) is 19.1 Å². The van der Waals surface area contributed by atoms with E-state index in [1.54, 1.807) is 20.8 Å². The first-order chi connectivity index (χ1) is 10.9. The molecular weight excluding hydrogens is 314 g/mol. The third-order valence-corrected chi connectivity index (χ3v) is 3.73. The van der Waals surface area contributed by atoms with Crippen LogP contribution in [0, 0.1) is 17.3 Å². The molecule has 0 fully saturated rings. The van der Waals surface area contributed by atoms with Crippen molar-refractivity contribution in [2.45, 2.75) is 53.2 Å². The fourth-order valence-electron chi connectivity index (χ4n) is 2.65. The molecule has 0 heterocycles. The second-order valence-corrected chi connectivity index (χ2v) is 7.36. The molecule has 0 aromatic heterocycles. The number of likely N-dealkylation sites (N-methyl/N-ethyl adjacent to an activating group) is 1. The molecule has 140 valence electrons. The summed E-state index contributed by atoms with van der Waals surface area (Å²) < 4.78 is 5.06. The van der Waals surface area contributed by atoms with Crippen LogP contribution in [0.5, 0.6) is 0 Å². The second-order valence-electron chi connectivity index (χ2n) is 7.36. The van der Waals surface area contributed by atoms with Crippen molar-refractivity contribution in [1.82, 2.24) is 10.4 Å². The first-order valence-electron chi connectivity index (χ1n) is 7.94. The molecule has 24 heavy (non-hydrogen) atoms. The Morgan fingerprint density at radius 1 is 1.25 bits per heavy atom. The number of carbonyl (C=O) groups excluding carboxylic acids is 3. The van der Waals surface area contributed by atoms with Gasteiger partial charge in [0, 0.05) is 14.2 Å². The highest BCUT2D eigenvalue weighted by Crippen LogP contribution is 2.27. The van der Waals surface area contributed by atoms with Crippen molar-refractivity contribution in [3.8, 4) is 0 Å². The molecule has 0 aromatic rings. The Kier molecular flexibility index (Phi) is 8.36. The zero-order chi connectivity index (χ0) is 19.2. The lowest BCUT2D eigenvalue weighted by molar-refractivity contribution is -0.197. The monoisotopic (exact) mass is 345 g/mol. The maximum Gasteiger partial charge on any atom is 0.252 e. The Labute approximate surface area is 143 Å². The van der Waals surface area contributed by atoms with Crippen molar-refractivity contribution >= 4 is 17.7 Å². The van der Waals surface area contributed by atoms with Crippen LogP contribution in [0.15, 0.2) is 0 Å². The van der Waals surface area contributed by atoms with Gasteiger partial charge < -0.3 is 15.8 Å². The van der Waals surface area contributed by atoms with Crippen molar-refractivity contribution in [3.63, 3.8) is 0 Å². The molecule has 0 aliphatic rings. The molecule has 8 heteroatoms. The Hall–Kier alpha value is -1.67. The van der Waals surface area contributed by atoms with Crippen LogP contribution in [0.2, 0.25) is 0 Å². The molecule has 0 aliphatic carbocycles. The lowest BCUT2D eigenvalue weighted by atomic mass is 9.84. The van der Waals surface area contributed by atoms with Crippen LogP contribution >= 0.6 is 0 Å². The van der Waals surface area contributed by atoms with Crippen molar-refractivity contribution in [2.75, 3.05) is 14.2 Å². The third kappa shape index (κ3) is 5.76. The molecule has 0 aliphatic heterocycles. The molecule has 0 saturated heterocycles. The van der Waals surface area contributed by atoms with Gasteiger partial charge in [-0.25, -0.2) is 5.06 Å². The predicted octanol–water partition coefficient (Wildman–Crippen LogP) is 0.528. The van der Waals surface area contributed by atoms with Gasteiger partial charge in [-0.1, -0.05) is 34.6 Å². The fraction of sp³-hybridized carbons (Fsp3) is 0.812. The lowest BCUT2D eigenvalue weighted by Gasteiger charge is -2.37. The van der Waals surface area contributed by atoms with Gasteiger partial charge >= 0.3 is 0 Å². The van der Waals surface area contributed by atoms with Gasteiger partial charge in [0.05, 0.1) is 5.92 Å². The number of ether oxygens (including phenoxy) is 1. The number of nitrogens with two attached hydrogens (primary N) is 1. The van der Waals surface area contributed by atoms with Gasteiger partial charge in [-0.15, -0.1) is 0 Å². The molecule has 0 aromatic carbocycles. The van der Waals surface area contributed by atoms with Crippen molar-refractivity contribution in [3.05, 3.63) is 0 Å². The number of carbonyl (C=O) groups is 3. The topological polar surface area (TPSA) is 122 Å². The molecule has 0 spiro atoms. The molecule has 3 atom stereocenters. The van der Waals surface area contributed by atoms with E-state index in [2.05, 4.69) is 5.32 Å². The number of hydrogen-bond donors (Lipinski definition) is 3. The smallest absolute Gasteiger partial charge is 0.252 e. The maximum atomic E-state index is 12.8.